The van der Waals surface area contributed by atoms with E-state index in [4.69, 9.17) is 32.7 Å². The van der Waals surface area contributed by atoms with Crippen molar-refractivity contribution in [2.45, 2.75) is 6.92 Å². The molecular weight excluding hydrogens is 339 g/mol. The first kappa shape index (κ1) is 15.6. The summed E-state index contributed by atoms with van der Waals surface area (Å²) in [6.45, 7) is 1.90. The Morgan fingerprint density at radius 1 is 1.13 bits per heavy atom. The summed E-state index contributed by atoms with van der Waals surface area (Å²) in [5.74, 6) is 0.806. The van der Waals surface area contributed by atoms with Gasteiger partial charge < -0.3 is 9.47 Å². The maximum Gasteiger partial charge on any atom is 0.271 e. The lowest BCUT2D eigenvalue weighted by Crippen LogP contribution is -2.19. The number of fused-ring (bicyclic) bond motifs is 1. The summed E-state index contributed by atoms with van der Waals surface area (Å²) >= 11 is 12.0. The molecule has 1 heterocycles. The number of amides is 1. The Labute approximate surface area is 142 Å². The number of nitrogens with zero attached hydrogens (tertiary/aromatic N) is 1. The Balaban J connectivity index is 1.75. The highest BCUT2D eigenvalue weighted by atomic mass is 35.5. The lowest BCUT2D eigenvalue weighted by molar-refractivity contribution is 0.0954. The number of hydrogen-bond acceptors (Lipinski definition) is 4. The number of benzene rings is 2. The molecule has 1 N–H and O–H groups in total. The van der Waals surface area contributed by atoms with Gasteiger partial charge in [-0.1, -0.05) is 29.3 Å². The third kappa shape index (κ3) is 3.41. The van der Waals surface area contributed by atoms with E-state index in [1.807, 2.05) is 0 Å². The van der Waals surface area contributed by atoms with Crippen molar-refractivity contribution in [2.24, 2.45) is 5.10 Å². The molecule has 0 radical (unpaired) electrons. The second-order valence-electron chi connectivity index (χ2n) is 4.83. The van der Waals surface area contributed by atoms with Crippen molar-refractivity contribution < 1.29 is 14.3 Å². The van der Waals surface area contributed by atoms with Crippen molar-refractivity contribution in [2.75, 3.05) is 6.79 Å². The Hall–Kier alpha value is -2.24. The summed E-state index contributed by atoms with van der Waals surface area (Å²) in [6.07, 6.45) is 0. The van der Waals surface area contributed by atoms with Crippen molar-refractivity contribution in [3.63, 3.8) is 0 Å². The molecule has 0 fully saturated rings. The molecule has 1 amide bonds. The molecule has 0 aromatic heterocycles. The molecule has 7 heteroatoms. The van der Waals surface area contributed by atoms with Crippen LogP contribution in [0.4, 0.5) is 0 Å². The van der Waals surface area contributed by atoms with Crippen LogP contribution < -0.4 is 14.9 Å². The first-order valence-electron chi connectivity index (χ1n) is 6.74. The van der Waals surface area contributed by atoms with Crippen LogP contribution in [0.1, 0.15) is 22.8 Å². The minimum absolute atomic E-state index is 0.159. The largest absolute Gasteiger partial charge is 0.454 e. The predicted molar refractivity (Wildman–Crippen MR) is 88.7 cm³/mol. The van der Waals surface area contributed by atoms with Crippen LogP contribution in [0.15, 0.2) is 41.5 Å². The molecule has 23 heavy (non-hydrogen) atoms. The molecule has 118 valence electrons. The van der Waals surface area contributed by atoms with E-state index in [1.165, 1.54) is 0 Å². The molecule has 0 bridgehead atoms. The number of carbonyl (C=O) groups excluding carboxylic acids is 1. The van der Waals surface area contributed by atoms with Crippen LogP contribution in [0.5, 0.6) is 11.5 Å². The Bertz CT molecular complexity index is 806. The fraction of sp³-hybridized carbons (Fsp3) is 0.125. The molecule has 0 saturated carbocycles. The summed E-state index contributed by atoms with van der Waals surface area (Å²) < 4.78 is 10.4. The Kier molecular flexibility index (Phi) is 4.41. The van der Waals surface area contributed by atoms with Crippen molar-refractivity contribution in [3.8, 4) is 11.5 Å². The predicted octanol–water partition coefficient (Wildman–Crippen LogP) is 3.88. The molecule has 5 nitrogen and oxygen atoms in total. The number of nitrogens with one attached hydrogen (secondary N) is 1. The number of rotatable bonds is 3. The van der Waals surface area contributed by atoms with Gasteiger partial charge in [-0.2, -0.15) is 5.10 Å². The zero-order chi connectivity index (χ0) is 16.4. The molecule has 3 rings (SSSR count). The Morgan fingerprint density at radius 2 is 1.91 bits per heavy atom. The lowest BCUT2D eigenvalue weighted by Gasteiger charge is -2.06. The average molecular weight is 351 g/mol. The van der Waals surface area contributed by atoms with Gasteiger partial charge in [0.2, 0.25) is 6.79 Å². The van der Waals surface area contributed by atoms with E-state index in [0.29, 0.717) is 38.4 Å². The lowest BCUT2D eigenvalue weighted by atomic mass is 10.1. The molecular formula is C16H12Cl2N2O3. The summed E-state index contributed by atoms with van der Waals surface area (Å²) in [7, 11) is 0. The van der Waals surface area contributed by atoms with E-state index in [2.05, 4.69) is 10.5 Å². The fourth-order valence-corrected chi connectivity index (χ4v) is 2.63. The average Bonchev–Trinajstić information content (AvgIpc) is 2.99. The maximum atomic E-state index is 12.2. The molecule has 0 unspecified atom stereocenters. The number of ether oxygens (including phenoxy) is 2. The van der Waals surface area contributed by atoms with Crippen LogP contribution in [-0.2, 0) is 0 Å². The zero-order valence-electron chi connectivity index (χ0n) is 12.1. The number of halogens is 2. The summed E-state index contributed by atoms with van der Waals surface area (Å²) in [4.78, 5) is 12.2. The first-order valence-corrected chi connectivity index (χ1v) is 7.50. The van der Waals surface area contributed by atoms with Gasteiger partial charge in [-0.3, -0.25) is 4.79 Å². The molecule has 0 saturated heterocycles. The molecule has 2 aromatic rings. The van der Waals surface area contributed by atoms with Crippen LogP contribution in [0.3, 0.4) is 0 Å². The van der Waals surface area contributed by atoms with Gasteiger partial charge >= 0.3 is 0 Å². The van der Waals surface area contributed by atoms with Gasteiger partial charge in [0.25, 0.3) is 5.91 Å². The second kappa shape index (κ2) is 6.48. The minimum Gasteiger partial charge on any atom is -0.454 e. The number of hydrazone groups is 1. The van der Waals surface area contributed by atoms with Gasteiger partial charge in [0.1, 0.15) is 0 Å². The van der Waals surface area contributed by atoms with Gasteiger partial charge in [0.05, 0.1) is 10.7 Å². The van der Waals surface area contributed by atoms with E-state index in [0.717, 1.165) is 0 Å². The van der Waals surface area contributed by atoms with Crippen molar-refractivity contribution in [1.29, 1.82) is 0 Å². The molecule has 1 aliphatic heterocycles. The minimum atomic E-state index is -0.354. The quantitative estimate of drug-likeness (QED) is 0.674. The normalized spacial score (nSPS) is 13.1. The molecule has 1 aliphatic rings. The molecule has 0 aliphatic carbocycles. The fourth-order valence-electron chi connectivity index (χ4n) is 2.08. The van der Waals surface area contributed by atoms with Crippen LogP contribution in [0.2, 0.25) is 10.0 Å². The summed E-state index contributed by atoms with van der Waals surface area (Å²) in [5, 5.41) is 5.08. The van der Waals surface area contributed by atoms with Crippen LogP contribution in [-0.4, -0.2) is 18.4 Å². The topological polar surface area (TPSA) is 59.9 Å². The van der Waals surface area contributed by atoms with E-state index in [9.17, 15) is 4.79 Å². The van der Waals surface area contributed by atoms with E-state index < -0.39 is 0 Å². The highest BCUT2D eigenvalue weighted by Gasteiger charge is 2.16. The van der Waals surface area contributed by atoms with Gasteiger partial charge in [-0.15, -0.1) is 0 Å². The van der Waals surface area contributed by atoms with Crippen molar-refractivity contribution in [3.05, 3.63) is 57.6 Å². The summed E-state index contributed by atoms with van der Waals surface area (Å²) in [5.41, 5.74) is 4.18. The van der Waals surface area contributed by atoms with E-state index in [1.54, 1.807) is 43.3 Å². The smallest absolute Gasteiger partial charge is 0.271 e. The van der Waals surface area contributed by atoms with Crippen LogP contribution >= 0.6 is 23.2 Å². The molecule has 2 aromatic carbocycles. The second-order valence-corrected chi connectivity index (χ2v) is 5.67. The zero-order valence-corrected chi connectivity index (χ0v) is 13.6. The van der Waals surface area contributed by atoms with Gasteiger partial charge in [0.15, 0.2) is 11.5 Å². The number of carbonyl (C=O) groups is 1. The summed E-state index contributed by atoms with van der Waals surface area (Å²) in [6, 6.07) is 10.0. The Morgan fingerprint density at radius 3 is 2.70 bits per heavy atom. The maximum absolute atomic E-state index is 12.2. The van der Waals surface area contributed by atoms with Crippen LogP contribution in [0.25, 0.3) is 0 Å². The molecule has 0 spiro atoms. The van der Waals surface area contributed by atoms with Gasteiger partial charge in [-0.25, -0.2) is 5.43 Å². The third-order valence-electron chi connectivity index (χ3n) is 3.28. The van der Waals surface area contributed by atoms with E-state index in [-0.39, 0.29) is 12.7 Å². The monoisotopic (exact) mass is 350 g/mol. The van der Waals surface area contributed by atoms with E-state index >= 15 is 0 Å². The standard InChI is InChI=1S/C16H12Cl2N2O3/c1-9(12-4-3-11(17)7-13(12)18)19-20-16(21)10-2-5-14-15(6-10)23-8-22-14/h2-7H,8H2,1H3,(H,20,21)/b19-9+. The number of hydrogen-bond donors (Lipinski definition) is 1. The third-order valence-corrected chi connectivity index (χ3v) is 3.83. The van der Waals surface area contributed by atoms with Crippen LogP contribution in [0, 0.1) is 0 Å². The molecule has 0 atom stereocenters. The van der Waals surface area contributed by atoms with Gasteiger partial charge in [0, 0.05) is 16.1 Å². The SMILES string of the molecule is C/C(=N\NC(=O)c1ccc2c(c1)OCO2)c1ccc(Cl)cc1Cl. The highest BCUT2D eigenvalue weighted by Crippen LogP contribution is 2.32. The van der Waals surface area contributed by atoms with Crippen molar-refractivity contribution in [1.82, 2.24) is 5.43 Å². The highest BCUT2D eigenvalue weighted by molar-refractivity contribution is 6.37. The van der Waals surface area contributed by atoms with Gasteiger partial charge in [-0.05, 0) is 37.3 Å². The first-order chi connectivity index (χ1) is 11.0. The van der Waals surface area contributed by atoms with Crippen molar-refractivity contribution >= 4 is 34.8 Å².